The number of anilines is 1. The Labute approximate surface area is 189 Å². The maximum Gasteiger partial charge on any atom is 0.329 e. The molecule has 166 valence electrons. The lowest BCUT2D eigenvalue weighted by molar-refractivity contribution is 0.217. The Bertz CT molecular complexity index is 1130. The van der Waals surface area contributed by atoms with Gasteiger partial charge in [0, 0.05) is 32.3 Å². The van der Waals surface area contributed by atoms with Crippen molar-refractivity contribution in [3.63, 3.8) is 0 Å². The summed E-state index contributed by atoms with van der Waals surface area (Å²) in [5, 5.41) is 9.30. The second kappa shape index (κ2) is 9.01. The van der Waals surface area contributed by atoms with E-state index in [4.69, 9.17) is 4.98 Å². The molecule has 0 aliphatic carbocycles. The van der Waals surface area contributed by atoms with Gasteiger partial charge in [-0.1, -0.05) is 69.0 Å². The summed E-state index contributed by atoms with van der Waals surface area (Å²) in [6.07, 6.45) is 0.490. The van der Waals surface area contributed by atoms with Crippen molar-refractivity contribution in [1.82, 2.24) is 14.5 Å². The molecule has 2 aromatic carbocycles. The molecule has 0 fully saturated rings. The van der Waals surface area contributed by atoms with Crippen molar-refractivity contribution < 1.29 is 9.90 Å². The highest BCUT2D eigenvalue weighted by molar-refractivity contribution is 6.03. The van der Waals surface area contributed by atoms with Gasteiger partial charge in [-0.25, -0.2) is 9.78 Å². The molecule has 0 spiro atoms. The Morgan fingerprint density at radius 1 is 1.09 bits per heavy atom. The fourth-order valence-corrected chi connectivity index (χ4v) is 4.11. The summed E-state index contributed by atoms with van der Waals surface area (Å²) in [5.41, 5.74) is 4.84. The van der Waals surface area contributed by atoms with Crippen LogP contribution in [0.15, 0.2) is 61.2 Å². The smallest absolute Gasteiger partial charge is 0.329 e. The van der Waals surface area contributed by atoms with E-state index in [-0.39, 0.29) is 12.6 Å². The van der Waals surface area contributed by atoms with E-state index < -0.39 is 0 Å². The standard InChI is InChI=1S/C26H30N4O2/c1-18(2)21-12-8-13-22(16-21)24-27-25-23(30(24)17-20-10-6-5-7-11-20)19(3)29(14-9-15-31)26(32)28(25)4/h5-8,10-13,16,18,31H,3,9,14-15,17H2,1-2,4H3. The second-order valence-electron chi connectivity index (χ2n) is 8.48. The third-order valence-electron chi connectivity index (χ3n) is 5.92. The molecule has 2 heterocycles. The van der Waals surface area contributed by atoms with Crippen molar-refractivity contribution >= 4 is 17.5 Å². The summed E-state index contributed by atoms with van der Waals surface area (Å²) >= 11 is 0. The Morgan fingerprint density at radius 2 is 1.84 bits per heavy atom. The third-order valence-corrected chi connectivity index (χ3v) is 5.92. The van der Waals surface area contributed by atoms with Crippen molar-refractivity contribution in [2.75, 3.05) is 25.1 Å². The van der Waals surface area contributed by atoms with Gasteiger partial charge in [0.15, 0.2) is 5.82 Å². The molecule has 0 saturated heterocycles. The van der Waals surface area contributed by atoms with E-state index in [0.717, 1.165) is 22.6 Å². The Hall–Kier alpha value is -3.38. The molecule has 0 bridgehead atoms. The monoisotopic (exact) mass is 430 g/mol. The molecule has 6 nitrogen and oxygen atoms in total. The molecule has 6 heteroatoms. The summed E-state index contributed by atoms with van der Waals surface area (Å²) in [4.78, 5) is 21.2. The first-order chi connectivity index (χ1) is 15.4. The molecular formula is C26H30N4O2. The molecule has 1 aliphatic rings. The van der Waals surface area contributed by atoms with Crippen LogP contribution in [0.1, 0.15) is 43.0 Å². The van der Waals surface area contributed by atoms with E-state index in [9.17, 15) is 9.90 Å². The summed E-state index contributed by atoms with van der Waals surface area (Å²) in [5.74, 6) is 1.82. The van der Waals surface area contributed by atoms with E-state index in [2.05, 4.69) is 61.4 Å². The number of benzene rings is 2. The quantitative estimate of drug-likeness (QED) is 0.577. The molecule has 1 aliphatic heterocycles. The zero-order valence-corrected chi connectivity index (χ0v) is 19.0. The van der Waals surface area contributed by atoms with Gasteiger partial charge in [-0.15, -0.1) is 0 Å². The number of carbonyl (C=O) groups is 1. The number of rotatable bonds is 7. The summed E-state index contributed by atoms with van der Waals surface area (Å²) in [6, 6.07) is 18.5. The van der Waals surface area contributed by atoms with Crippen LogP contribution in [0.25, 0.3) is 17.1 Å². The minimum absolute atomic E-state index is 0.0180. The molecule has 1 aromatic heterocycles. The van der Waals surface area contributed by atoms with Gasteiger partial charge in [0.2, 0.25) is 0 Å². The van der Waals surface area contributed by atoms with Crippen molar-refractivity contribution in [1.29, 1.82) is 0 Å². The van der Waals surface area contributed by atoms with Crippen LogP contribution in [0, 0.1) is 0 Å². The predicted octanol–water partition coefficient (Wildman–Crippen LogP) is 4.95. The van der Waals surface area contributed by atoms with Crippen LogP contribution in [0.2, 0.25) is 0 Å². The maximum absolute atomic E-state index is 13.0. The molecule has 4 rings (SSSR count). The summed E-state index contributed by atoms with van der Waals surface area (Å²) < 4.78 is 2.15. The van der Waals surface area contributed by atoms with E-state index in [0.29, 0.717) is 36.9 Å². The van der Waals surface area contributed by atoms with Gasteiger partial charge in [-0.05, 0) is 29.5 Å². The molecule has 3 aromatic rings. The SMILES string of the molecule is C=C1c2c(nc(-c3cccc(C(C)C)c3)n2Cc2ccccc2)N(C)C(=O)N1CCCO. The molecule has 0 saturated carbocycles. The lowest BCUT2D eigenvalue weighted by atomic mass is 10.0. The van der Waals surface area contributed by atoms with Gasteiger partial charge in [0.1, 0.15) is 11.5 Å². The molecule has 32 heavy (non-hydrogen) atoms. The van der Waals surface area contributed by atoms with Gasteiger partial charge >= 0.3 is 6.03 Å². The van der Waals surface area contributed by atoms with Gasteiger partial charge in [0.05, 0.1) is 5.70 Å². The number of fused-ring (bicyclic) bond motifs is 1. The first-order valence-electron chi connectivity index (χ1n) is 11.0. The third kappa shape index (κ3) is 3.94. The molecular weight excluding hydrogens is 400 g/mol. The van der Waals surface area contributed by atoms with Crippen LogP contribution in [-0.2, 0) is 6.54 Å². The minimum Gasteiger partial charge on any atom is -0.396 e. The highest BCUT2D eigenvalue weighted by Gasteiger charge is 2.36. The number of aliphatic hydroxyl groups is 1. The number of imidazole rings is 1. The summed E-state index contributed by atoms with van der Waals surface area (Å²) in [7, 11) is 1.74. The van der Waals surface area contributed by atoms with Crippen LogP contribution in [0.5, 0.6) is 0 Å². The highest BCUT2D eigenvalue weighted by atomic mass is 16.3. The zero-order chi connectivity index (χ0) is 22.8. The first kappa shape index (κ1) is 21.8. The Morgan fingerprint density at radius 3 is 2.53 bits per heavy atom. The van der Waals surface area contributed by atoms with Crippen LogP contribution in [-0.4, -0.2) is 45.8 Å². The van der Waals surface area contributed by atoms with E-state index in [1.54, 1.807) is 16.8 Å². The fraction of sp³-hybridized carbons (Fsp3) is 0.308. The number of amides is 2. The second-order valence-corrected chi connectivity index (χ2v) is 8.48. The highest BCUT2D eigenvalue weighted by Crippen LogP contribution is 2.38. The van der Waals surface area contributed by atoms with Gasteiger partial charge < -0.3 is 9.67 Å². The molecule has 0 atom stereocenters. The number of nitrogens with zero attached hydrogens (tertiary/aromatic N) is 4. The number of hydrogen-bond acceptors (Lipinski definition) is 3. The number of hydrogen-bond donors (Lipinski definition) is 1. The average Bonchev–Trinajstić information content (AvgIpc) is 3.18. The topological polar surface area (TPSA) is 61.6 Å². The van der Waals surface area contributed by atoms with Crippen molar-refractivity contribution in [3.8, 4) is 11.4 Å². The largest absolute Gasteiger partial charge is 0.396 e. The van der Waals surface area contributed by atoms with E-state index in [1.165, 1.54) is 5.56 Å². The van der Waals surface area contributed by atoms with Gasteiger partial charge in [-0.2, -0.15) is 0 Å². The molecule has 0 radical (unpaired) electrons. The van der Waals surface area contributed by atoms with Crippen molar-refractivity contribution in [3.05, 3.63) is 78.0 Å². The lowest BCUT2D eigenvalue weighted by Gasteiger charge is -2.34. The Kier molecular flexibility index (Phi) is 6.15. The van der Waals surface area contributed by atoms with E-state index >= 15 is 0 Å². The fourth-order valence-electron chi connectivity index (χ4n) is 4.11. The van der Waals surface area contributed by atoms with Gasteiger partial charge in [-0.3, -0.25) is 9.80 Å². The number of aliphatic hydroxyl groups excluding tert-OH is 1. The number of urea groups is 1. The van der Waals surface area contributed by atoms with Crippen LogP contribution in [0.4, 0.5) is 10.6 Å². The number of carbonyl (C=O) groups excluding carboxylic acids is 1. The first-order valence-corrected chi connectivity index (χ1v) is 11.0. The summed E-state index contributed by atoms with van der Waals surface area (Å²) in [6.45, 7) is 9.65. The Balaban J connectivity index is 1.89. The maximum atomic E-state index is 13.0. The minimum atomic E-state index is -0.178. The van der Waals surface area contributed by atoms with E-state index in [1.807, 2.05) is 18.2 Å². The number of aromatic nitrogens is 2. The van der Waals surface area contributed by atoms with Crippen LogP contribution < -0.4 is 4.90 Å². The van der Waals surface area contributed by atoms with Crippen LogP contribution in [0.3, 0.4) is 0 Å². The van der Waals surface area contributed by atoms with Gasteiger partial charge in [0.25, 0.3) is 0 Å². The zero-order valence-electron chi connectivity index (χ0n) is 19.0. The van der Waals surface area contributed by atoms with Crippen LogP contribution >= 0.6 is 0 Å². The molecule has 1 N–H and O–H groups in total. The lowest BCUT2D eigenvalue weighted by Crippen LogP contribution is -2.45. The molecule has 2 amide bonds. The normalized spacial score (nSPS) is 13.8. The average molecular weight is 431 g/mol. The molecule has 0 unspecified atom stereocenters. The van der Waals surface area contributed by atoms with Crippen molar-refractivity contribution in [2.45, 2.75) is 32.7 Å². The predicted molar refractivity (Wildman–Crippen MR) is 129 cm³/mol. The van der Waals surface area contributed by atoms with Crippen molar-refractivity contribution in [2.24, 2.45) is 0 Å².